The summed E-state index contributed by atoms with van der Waals surface area (Å²) in [5.74, 6) is 0.402. The first-order valence-electron chi connectivity index (χ1n) is 6.84. The highest BCUT2D eigenvalue weighted by Crippen LogP contribution is 2.30. The summed E-state index contributed by atoms with van der Waals surface area (Å²) in [6.07, 6.45) is 2.17. The minimum atomic E-state index is 0.0161. The van der Waals surface area contributed by atoms with Crippen LogP contribution in [0.5, 0.6) is 0 Å². The molecule has 0 fully saturated rings. The maximum absolute atomic E-state index is 12.2. The van der Waals surface area contributed by atoms with Crippen LogP contribution in [0.2, 0.25) is 5.02 Å². The molecule has 0 aliphatic carbocycles. The molecule has 0 saturated heterocycles. The van der Waals surface area contributed by atoms with E-state index in [1.165, 1.54) is 0 Å². The highest BCUT2D eigenvalue weighted by molar-refractivity contribution is 6.34. The maximum Gasteiger partial charge on any atom is 0.198 e. The van der Waals surface area contributed by atoms with E-state index < -0.39 is 0 Å². The molecule has 20 heavy (non-hydrogen) atoms. The Morgan fingerprint density at radius 1 is 1.35 bits per heavy atom. The predicted molar refractivity (Wildman–Crippen MR) is 82.2 cm³/mol. The Labute approximate surface area is 124 Å². The minimum Gasteiger partial charge on any atom is -0.451 e. The second-order valence-electron chi connectivity index (χ2n) is 5.89. The SMILES string of the molecule is CC(C)(CCN)CCC(=O)c1cc2cccc(Cl)c2o1. The van der Waals surface area contributed by atoms with Gasteiger partial charge in [0.2, 0.25) is 0 Å². The zero-order valence-corrected chi connectivity index (χ0v) is 12.7. The zero-order chi connectivity index (χ0) is 14.8. The maximum atomic E-state index is 12.2. The van der Waals surface area contributed by atoms with Gasteiger partial charge in [-0.25, -0.2) is 0 Å². The Balaban J connectivity index is 2.10. The van der Waals surface area contributed by atoms with Gasteiger partial charge in [-0.1, -0.05) is 37.6 Å². The van der Waals surface area contributed by atoms with Crippen molar-refractivity contribution in [2.75, 3.05) is 6.54 Å². The van der Waals surface area contributed by atoms with Crippen LogP contribution >= 0.6 is 11.6 Å². The Hall–Kier alpha value is -1.32. The van der Waals surface area contributed by atoms with Crippen molar-refractivity contribution in [2.24, 2.45) is 11.1 Å². The quantitative estimate of drug-likeness (QED) is 0.802. The lowest BCUT2D eigenvalue weighted by molar-refractivity contribution is 0.0936. The fourth-order valence-corrected chi connectivity index (χ4v) is 2.48. The number of halogens is 1. The number of nitrogens with two attached hydrogens (primary N) is 1. The average molecular weight is 294 g/mol. The van der Waals surface area contributed by atoms with E-state index >= 15 is 0 Å². The molecule has 108 valence electrons. The minimum absolute atomic E-state index is 0.0161. The average Bonchev–Trinajstić information content (AvgIpc) is 2.81. The van der Waals surface area contributed by atoms with E-state index in [2.05, 4.69) is 13.8 Å². The van der Waals surface area contributed by atoms with Crippen LogP contribution in [-0.4, -0.2) is 12.3 Å². The van der Waals surface area contributed by atoms with Crippen LogP contribution in [0, 0.1) is 5.41 Å². The summed E-state index contributed by atoms with van der Waals surface area (Å²) in [7, 11) is 0. The van der Waals surface area contributed by atoms with Gasteiger partial charge in [-0.05, 0) is 36.9 Å². The number of para-hydroxylation sites is 1. The molecule has 2 rings (SSSR count). The van der Waals surface area contributed by atoms with Crippen molar-refractivity contribution < 1.29 is 9.21 Å². The number of hydrogen-bond donors (Lipinski definition) is 1. The Morgan fingerprint density at radius 3 is 2.75 bits per heavy atom. The molecule has 0 radical (unpaired) electrons. The molecule has 0 atom stereocenters. The van der Waals surface area contributed by atoms with Gasteiger partial charge in [-0.15, -0.1) is 0 Å². The summed E-state index contributed by atoms with van der Waals surface area (Å²) in [5.41, 5.74) is 6.24. The highest BCUT2D eigenvalue weighted by atomic mass is 35.5. The van der Waals surface area contributed by atoms with Gasteiger partial charge in [-0.2, -0.15) is 0 Å². The van der Waals surface area contributed by atoms with E-state index in [1.54, 1.807) is 12.1 Å². The number of rotatable bonds is 6. The van der Waals surface area contributed by atoms with Gasteiger partial charge in [0.15, 0.2) is 17.1 Å². The van der Waals surface area contributed by atoms with Crippen molar-refractivity contribution in [1.82, 2.24) is 0 Å². The first-order chi connectivity index (χ1) is 9.43. The largest absolute Gasteiger partial charge is 0.451 e. The summed E-state index contributed by atoms with van der Waals surface area (Å²) < 4.78 is 5.58. The van der Waals surface area contributed by atoms with Crippen LogP contribution < -0.4 is 5.73 Å². The van der Waals surface area contributed by atoms with Gasteiger partial charge in [0.1, 0.15) is 0 Å². The predicted octanol–water partition coefficient (Wildman–Crippen LogP) is 4.42. The van der Waals surface area contributed by atoms with Crippen molar-refractivity contribution in [2.45, 2.75) is 33.1 Å². The Bertz CT molecular complexity index is 616. The number of carbonyl (C=O) groups is 1. The molecule has 1 aromatic carbocycles. The van der Waals surface area contributed by atoms with E-state index in [-0.39, 0.29) is 11.2 Å². The molecule has 0 amide bonds. The first-order valence-corrected chi connectivity index (χ1v) is 7.22. The number of furan rings is 1. The van der Waals surface area contributed by atoms with Gasteiger partial charge in [-0.3, -0.25) is 4.79 Å². The van der Waals surface area contributed by atoms with Gasteiger partial charge < -0.3 is 10.2 Å². The van der Waals surface area contributed by atoms with Crippen LogP contribution in [0.3, 0.4) is 0 Å². The molecule has 1 heterocycles. The smallest absolute Gasteiger partial charge is 0.198 e. The molecule has 2 N–H and O–H groups in total. The van der Waals surface area contributed by atoms with Gasteiger partial charge in [0, 0.05) is 11.8 Å². The third-order valence-electron chi connectivity index (χ3n) is 3.62. The monoisotopic (exact) mass is 293 g/mol. The zero-order valence-electron chi connectivity index (χ0n) is 11.9. The Kier molecular flexibility index (Phi) is 4.51. The van der Waals surface area contributed by atoms with Crippen LogP contribution in [-0.2, 0) is 0 Å². The Morgan fingerprint density at radius 2 is 2.10 bits per heavy atom. The number of carbonyl (C=O) groups excluding carboxylic acids is 1. The van der Waals surface area contributed by atoms with Crippen molar-refractivity contribution in [3.63, 3.8) is 0 Å². The van der Waals surface area contributed by atoms with Crippen LogP contribution in [0.25, 0.3) is 11.0 Å². The van der Waals surface area contributed by atoms with Crippen molar-refractivity contribution in [1.29, 1.82) is 0 Å². The number of ketones is 1. The van der Waals surface area contributed by atoms with Crippen LogP contribution in [0.15, 0.2) is 28.7 Å². The first kappa shape index (κ1) is 15.1. The molecule has 0 aliphatic rings. The van der Waals surface area contributed by atoms with E-state index in [1.807, 2.05) is 12.1 Å². The molecule has 0 unspecified atom stereocenters. The molecule has 0 aliphatic heterocycles. The van der Waals surface area contributed by atoms with E-state index in [4.69, 9.17) is 21.8 Å². The topological polar surface area (TPSA) is 56.2 Å². The third kappa shape index (κ3) is 3.41. The molecule has 0 spiro atoms. The van der Waals surface area contributed by atoms with Crippen LogP contribution in [0.4, 0.5) is 0 Å². The highest BCUT2D eigenvalue weighted by Gasteiger charge is 2.20. The van der Waals surface area contributed by atoms with E-state index in [0.717, 1.165) is 18.2 Å². The third-order valence-corrected chi connectivity index (χ3v) is 3.92. The van der Waals surface area contributed by atoms with Crippen molar-refractivity contribution >= 4 is 28.4 Å². The fourth-order valence-electron chi connectivity index (χ4n) is 2.26. The van der Waals surface area contributed by atoms with E-state index in [9.17, 15) is 4.79 Å². The van der Waals surface area contributed by atoms with Crippen molar-refractivity contribution in [3.05, 3.63) is 35.0 Å². The summed E-state index contributed by atoms with van der Waals surface area (Å²) in [6.45, 7) is 4.90. The lowest BCUT2D eigenvalue weighted by Crippen LogP contribution is -2.18. The molecular formula is C16H20ClNO2. The molecule has 2 aromatic rings. The summed E-state index contributed by atoms with van der Waals surface area (Å²) >= 11 is 6.05. The fraction of sp³-hybridized carbons (Fsp3) is 0.438. The molecule has 4 heteroatoms. The number of benzene rings is 1. The number of hydrogen-bond acceptors (Lipinski definition) is 3. The molecule has 0 saturated carbocycles. The number of Topliss-reactive ketones (excluding diaryl/α,β-unsaturated/α-hetero) is 1. The molecule has 1 aromatic heterocycles. The summed E-state index contributed by atoms with van der Waals surface area (Å²) in [4.78, 5) is 12.2. The van der Waals surface area contributed by atoms with Crippen molar-refractivity contribution in [3.8, 4) is 0 Å². The lowest BCUT2D eigenvalue weighted by atomic mass is 9.83. The summed E-state index contributed by atoms with van der Waals surface area (Å²) in [5, 5.41) is 1.40. The van der Waals surface area contributed by atoms with Gasteiger partial charge in [0.25, 0.3) is 0 Å². The standard InChI is InChI=1S/C16H20ClNO2/c1-16(2,8-9-18)7-6-13(19)14-10-11-4-3-5-12(17)15(11)20-14/h3-5,10H,6-9,18H2,1-2H3. The molecular weight excluding hydrogens is 274 g/mol. The summed E-state index contributed by atoms with van der Waals surface area (Å²) in [6, 6.07) is 7.25. The molecule has 0 bridgehead atoms. The second kappa shape index (κ2) is 5.98. The molecule has 3 nitrogen and oxygen atoms in total. The lowest BCUT2D eigenvalue weighted by Gasteiger charge is -2.22. The number of fused-ring (bicyclic) bond motifs is 1. The second-order valence-corrected chi connectivity index (χ2v) is 6.30. The van der Waals surface area contributed by atoms with Gasteiger partial charge in [0.05, 0.1) is 5.02 Å². The van der Waals surface area contributed by atoms with Crippen LogP contribution in [0.1, 0.15) is 43.7 Å². The van der Waals surface area contributed by atoms with E-state index in [0.29, 0.717) is 29.3 Å². The normalized spacial score (nSPS) is 12.0. The van der Waals surface area contributed by atoms with Gasteiger partial charge >= 0.3 is 0 Å².